The van der Waals surface area contributed by atoms with Gasteiger partial charge < -0.3 is 11.6 Å². The minimum absolute atomic E-state index is 0. The van der Waals surface area contributed by atoms with Crippen LogP contribution in [0.4, 0.5) is 16.2 Å². The second-order valence-corrected chi connectivity index (χ2v) is 11.0. The molecule has 0 bridgehead atoms. The second-order valence-electron chi connectivity index (χ2n) is 9.46. The Hall–Kier alpha value is -1.59. The Labute approximate surface area is 227 Å². The van der Waals surface area contributed by atoms with Gasteiger partial charge in [-0.25, -0.2) is 13.8 Å². The van der Waals surface area contributed by atoms with E-state index in [1.54, 1.807) is 17.9 Å². The smallest absolute Gasteiger partial charge is 1.00 e. The number of nitrogens with one attached hydrogen (secondary N) is 2. The fourth-order valence-corrected chi connectivity index (χ4v) is 5.39. The van der Waals surface area contributed by atoms with Gasteiger partial charge in [-0.05, 0) is 68.1 Å². The van der Waals surface area contributed by atoms with E-state index in [9.17, 15) is 13.2 Å². The molecule has 1 aromatic heterocycles. The van der Waals surface area contributed by atoms with Gasteiger partial charge in [0.1, 0.15) is 0 Å². The molecule has 1 aliphatic rings. The molecule has 2 heterocycles. The number of carbonyl (C=O) groups is 1. The third-order valence-electron chi connectivity index (χ3n) is 6.01. The van der Waals surface area contributed by atoms with Crippen LogP contribution in [-0.2, 0) is 17.3 Å². The van der Waals surface area contributed by atoms with Gasteiger partial charge in [0.25, 0.3) is 0 Å². The number of aromatic nitrogens is 2. The Bertz CT molecular complexity index is 1060. The summed E-state index contributed by atoms with van der Waals surface area (Å²) in [5.41, 5.74) is 3.19. The van der Waals surface area contributed by atoms with E-state index in [4.69, 9.17) is 0 Å². The summed E-state index contributed by atoms with van der Waals surface area (Å²) in [4.78, 5) is 15.0. The normalized spacial score (nSPS) is 15.3. The number of hydrogen-bond donors (Lipinski definition) is 2. The van der Waals surface area contributed by atoms with Crippen molar-refractivity contribution in [2.45, 2.75) is 58.4 Å². The van der Waals surface area contributed by atoms with Gasteiger partial charge in [0.05, 0.1) is 11.9 Å². The van der Waals surface area contributed by atoms with E-state index < -0.39 is 16.2 Å². The molecule has 9 nitrogen and oxygen atoms in total. The fourth-order valence-electron chi connectivity index (χ4n) is 4.04. The van der Waals surface area contributed by atoms with Crippen LogP contribution in [-0.4, -0.2) is 55.3 Å². The molecule has 184 valence electrons. The SMILES string of the molecule is CC(C)c1cc(NC(=O)NS(=O)(=O)N(c2cnn(C)c2)C2CCN(C)CC2)cc(C(C)C)c1.[H-].[Na+]. The minimum atomic E-state index is -4.15. The summed E-state index contributed by atoms with van der Waals surface area (Å²) in [6, 6.07) is 4.86. The number of rotatable bonds is 7. The summed E-state index contributed by atoms with van der Waals surface area (Å²) in [7, 11) is -0.403. The van der Waals surface area contributed by atoms with Gasteiger partial charge in [-0.3, -0.25) is 4.68 Å². The van der Waals surface area contributed by atoms with Crippen molar-refractivity contribution in [1.82, 2.24) is 19.4 Å². The van der Waals surface area contributed by atoms with E-state index in [0.717, 1.165) is 24.2 Å². The molecule has 1 aromatic carbocycles. The Morgan fingerprint density at radius 1 is 1.09 bits per heavy atom. The Balaban J connectivity index is 0.00000306. The zero-order chi connectivity index (χ0) is 24.3. The number of piperidine rings is 1. The van der Waals surface area contributed by atoms with Crippen LogP contribution >= 0.6 is 0 Å². The predicted molar refractivity (Wildman–Crippen MR) is 133 cm³/mol. The molecule has 3 rings (SSSR count). The number of likely N-dealkylation sites (tertiary alicyclic amines) is 1. The summed E-state index contributed by atoms with van der Waals surface area (Å²) in [6.07, 6.45) is 4.50. The number of hydrogen-bond acceptors (Lipinski definition) is 5. The molecule has 0 unspecified atom stereocenters. The average Bonchev–Trinajstić information content (AvgIpc) is 3.14. The Morgan fingerprint density at radius 3 is 2.12 bits per heavy atom. The fraction of sp³-hybridized carbons (Fsp3) is 0.565. The van der Waals surface area contributed by atoms with Crippen molar-refractivity contribution in [2.24, 2.45) is 7.05 Å². The topological polar surface area (TPSA) is 99.6 Å². The number of amides is 2. The van der Waals surface area contributed by atoms with Gasteiger partial charge in [0, 0.05) is 25.0 Å². The monoisotopic (exact) mass is 500 g/mol. The van der Waals surface area contributed by atoms with Crippen LogP contribution in [0.15, 0.2) is 30.6 Å². The number of urea groups is 1. The third kappa shape index (κ3) is 7.21. The van der Waals surface area contributed by atoms with Gasteiger partial charge in [0.15, 0.2) is 0 Å². The molecule has 0 spiro atoms. The molecule has 0 saturated carbocycles. The third-order valence-corrected chi connectivity index (χ3v) is 7.49. The summed E-state index contributed by atoms with van der Waals surface area (Å²) < 4.78 is 31.8. The van der Waals surface area contributed by atoms with Crippen molar-refractivity contribution in [3.8, 4) is 0 Å². The van der Waals surface area contributed by atoms with Crippen LogP contribution in [0.25, 0.3) is 0 Å². The predicted octanol–water partition coefficient (Wildman–Crippen LogP) is 0.751. The van der Waals surface area contributed by atoms with Crippen molar-refractivity contribution in [3.05, 3.63) is 41.7 Å². The number of nitrogens with zero attached hydrogens (tertiary/aromatic N) is 4. The van der Waals surface area contributed by atoms with Crippen molar-refractivity contribution >= 4 is 27.6 Å². The standard InChI is InChI=1S/C23H36N6O3S.Na.H/c1-16(2)18-11-19(17(3)4)13-20(12-18)25-23(30)26-33(31,32)29(22-14-24-28(6)15-22)21-7-9-27(5)10-8-21;;/h11-17,21H,7-10H2,1-6H3,(H2,25,26,30);;/q;+1;-1. The maximum absolute atomic E-state index is 13.4. The maximum Gasteiger partial charge on any atom is 1.00 e. The van der Waals surface area contributed by atoms with Gasteiger partial charge >= 0.3 is 45.8 Å². The molecule has 0 atom stereocenters. The Kier molecular flexibility index (Phi) is 10.0. The molecule has 1 fully saturated rings. The summed E-state index contributed by atoms with van der Waals surface area (Å²) >= 11 is 0. The second kappa shape index (κ2) is 11.9. The van der Waals surface area contributed by atoms with Crippen LogP contribution in [0.2, 0.25) is 0 Å². The number of benzene rings is 1. The first-order chi connectivity index (χ1) is 15.5. The van der Waals surface area contributed by atoms with E-state index in [1.165, 1.54) is 10.5 Å². The van der Waals surface area contributed by atoms with Crippen LogP contribution in [0.5, 0.6) is 0 Å². The summed E-state index contributed by atoms with van der Waals surface area (Å²) in [5, 5.41) is 6.86. The number of aryl methyl sites for hydroxylation is 1. The quantitative estimate of drug-likeness (QED) is 0.547. The molecule has 34 heavy (non-hydrogen) atoms. The molecule has 2 aromatic rings. The van der Waals surface area contributed by atoms with E-state index in [-0.39, 0.29) is 48.9 Å². The van der Waals surface area contributed by atoms with Gasteiger partial charge in [0.2, 0.25) is 0 Å². The minimum Gasteiger partial charge on any atom is -1.00 e. The van der Waals surface area contributed by atoms with Crippen LogP contribution in [0.3, 0.4) is 0 Å². The van der Waals surface area contributed by atoms with Gasteiger partial charge in [-0.1, -0.05) is 33.8 Å². The summed E-state index contributed by atoms with van der Waals surface area (Å²) in [6.45, 7) is 9.90. The Morgan fingerprint density at radius 2 is 1.65 bits per heavy atom. The van der Waals surface area contributed by atoms with Crippen LogP contribution in [0.1, 0.15) is 64.9 Å². The first-order valence-electron chi connectivity index (χ1n) is 11.4. The molecule has 0 radical (unpaired) electrons. The van der Waals surface area contributed by atoms with Gasteiger partial charge in [-0.15, -0.1) is 0 Å². The van der Waals surface area contributed by atoms with Crippen molar-refractivity contribution in [2.75, 3.05) is 29.8 Å². The zero-order valence-electron chi connectivity index (χ0n) is 22.4. The van der Waals surface area contributed by atoms with Crippen molar-refractivity contribution < 1.29 is 44.2 Å². The molecule has 11 heteroatoms. The molecule has 2 N–H and O–H groups in total. The van der Waals surface area contributed by atoms with E-state index in [2.05, 4.69) is 53.8 Å². The maximum atomic E-state index is 13.4. The average molecular weight is 501 g/mol. The molecule has 2 amide bonds. The largest absolute Gasteiger partial charge is 1.00 e. The van der Waals surface area contributed by atoms with E-state index in [1.807, 2.05) is 19.2 Å². The molecule has 0 aliphatic carbocycles. The first-order valence-corrected chi connectivity index (χ1v) is 12.9. The van der Waals surface area contributed by atoms with E-state index in [0.29, 0.717) is 24.2 Å². The zero-order valence-corrected chi connectivity index (χ0v) is 24.2. The van der Waals surface area contributed by atoms with Crippen LogP contribution in [0, 0.1) is 0 Å². The van der Waals surface area contributed by atoms with E-state index >= 15 is 0 Å². The molecule has 1 aliphatic heterocycles. The molecular weight excluding hydrogens is 463 g/mol. The molecular formula is C23H37N6NaO3S. The molecule has 1 saturated heterocycles. The summed E-state index contributed by atoms with van der Waals surface area (Å²) in [5.74, 6) is 0.558. The van der Waals surface area contributed by atoms with Crippen molar-refractivity contribution in [1.29, 1.82) is 0 Å². The first kappa shape index (κ1) is 28.6. The van der Waals surface area contributed by atoms with Crippen LogP contribution < -0.4 is 43.9 Å². The van der Waals surface area contributed by atoms with Gasteiger partial charge in [-0.2, -0.15) is 13.5 Å². The van der Waals surface area contributed by atoms with Crippen molar-refractivity contribution in [3.63, 3.8) is 0 Å². The number of anilines is 2. The number of carbonyl (C=O) groups excluding carboxylic acids is 1.